The van der Waals surface area contributed by atoms with Crippen LogP contribution in [0.5, 0.6) is 0 Å². The summed E-state index contributed by atoms with van der Waals surface area (Å²) in [7, 11) is 0. The fraction of sp³-hybridized carbons (Fsp3) is 0.636. The molecule has 98 valence electrons. The Labute approximate surface area is 111 Å². The minimum Gasteiger partial charge on any atom is -0.463 e. The molecule has 0 unspecified atom stereocenters. The first-order chi connectivity index (χ1) is 8.06. The molecule has 0 saturated carbocycles. The van der Waals surface area contributed by atoms with E-state index in [-0.39, 0.29) is 32.0 Å². The SMILES string of the molecule is C/C=C/COC(=O)CCCC(=O)OCC(Cl)Cl. The van der Waals surface area contributed by atoms with E-state index in [1.807, 2.05) is 6.92 Å². The first-order valence-electron chi connectivity index (χ1n) is 5.26. The van der Waals surface area contributed by atoms with Crippen molar-refractivity contribution in [3.63, 3.8) is 0 Å². The van der Waals surface area contributed by atoms with E-state index >= 15 is 0 Å². The number of allylic oxidation sites excluding steroid dienone is 1. The Morgan fingerprint density at radius 1 is 1.18 bits per heavy atom. The molecule has 17 heavy (non-hydrogen) atoms. The fourth-order valence-electron chi connectivity index (χ4n) is 0.915. The second kappa shape index (κ2) is 10.4. The second-order valence-electron chi connectivity index (χ2n) is 3.18. The lowest BCUT2D eigenvalue weighted by Crippen LogP contribution is -2.11. The molecule has 0 radical (unpaired) electrons. The standard InChI is InChI=1S/C11H16Cl2O4/c1-2-3-7-16-10(14)5-4-6-11(15)17-8-9(12)13/h2-3,9H,4-8H2,1H3/b3-2+. The molecule has 0 N–H and O–H groups in total. The van der Waals surface area contributed by atoms with Gasteiger partial charge in [0.05, 0.1) is 0 Å². The zero-order valence-electron chi connectivity index (χ0n) is 9.66. The molecule has 0 fully saturated rings. The number of halogens is 2. The van der Waals surface area contributed by atoms with E-state index in [1.165, 1.54) is 0 Å². The smallest absolute Gasteiger partial charge is 0.306 e. The molecule has 0 aromatic carbocycles. The van der Waals surface area contributed by atoms with E-state index in [4.69, 9.17) is 32.7 Å². The Morgan fingerprint density at radius 2 is 1.76 bits per heavy atom. The lowest BCUT2D eigenvalue weighted by atomic mass is 10.2. The van der Waals surface area contributed by atoms with Gasteiger partial charge in [-0.05, 0) is 13.3 Å². The minimum atomic E-state index is -0.718. The van der Waals surface area contributed by atoms with Crippen LogP contribution >= 0.6 is 23.2 Å². The van der Waals surface area contributed by atoms with Crippen molar-refractivity contribution < 1.29 is 19.1 Å². The third-order valence-corrected chi connectivity index (χ3v) is 1.96. The molecule has 0 aromatic rings. The van der Waals surface area contributed by atoms with E-state index < -0.39 is 10.8 Å². The molecule has 0 atom stereocenters. The number of ether oxygens (including phenoxy) is 2. The summed E-state index contributed by atoms with van der Waals surface area (Å²) < 4.78 is 9.56. The molecule has 0 aliphatic rings. The van der Waals surface area contributed by atoms with Crippen molar-refractivity contribution in [3.8, 4) is 0 Å². The minimum absolute atomic E-state index is 0.0340. The van der Waals surface area contributed by atoms with Crippen molar-refractivity contribution in [2.75, 3.05) is 13.2 Å². The van der Waals surface area contributed by atoms with Crippen LogP contribution in [0.1, 0.15) is 26.2 Å². The van der Waals surface area contributed by atoms with Gasteiger partial charge in [0, 0.05) is 12.8 Å². The van der Waals surface area contributed by atoms with Crippen LogP contribution in [0.4, 0.5) is 0 Å². The zero-order chi connectivity index (χ0) is 13.1. The van der Waals surface area contributed by atoms with Crippen molar-refractivity contribution in [1.29, 1.82) is 0 Å². The van der Waals surface area contributed by atoms with Gasteiger partial charge in [0.15, 0.2) is 0 Å². The van der Waals surface area contributed by atoms with E-state index in [1.54, 1.807) is 12.2 Å². The molecule has 0 saturated heterocycles. The number of rotatable bonds is 8. The second-order valence-corrected chi connectivity index (χ2v) is 4.46. The first-order valence-corrected chi connectivity index (χ1v) is 6.14. The summed E-state index contributed by atoms with van der Waals surface area (Å²) in [6.07, 6.45) is 4.26. The molecular formula is C11H16Cl2O4. The van der Waals surface area contributed by atoms with Crippen LogP contribution in [0.25, 0.3) is 0 Å². The third-order valence-electron chi connectivity index (χ3n) is 1.71. The molecule has 0 aliphatic heterocycles. The largest absolute Gasteiger partial charge is 0.463 e. The number of esters is 2. The fourth-order valence-corrected chi connectivity index (χ4v) is 1.04. The van der Waals surface area contributed by atoms with Gasteiger partial charge in [0.25, 0.3) is 0 Å². The Morgan fingerprint density at radius 3 is 2.29 bits per heavy atom. The summed E-state index contributed by atoms with van der Waals surface area (Å²) >= 11 is 10.8. The number of hydrogen-bond acceptors (Lipinski definition) is 4. The van der Waals surface area contributed by atoms with Gasteiger partial charge in [-0.25, -0.2) is 0 Å². The van der Waals surface area contributed by atoms with Crippen LogP contribution in [0, 0.1) is 0 Å². The molecule has 0 heterocycles. The summed E-state index contributed by atoms with van der Waals surface area (Å²) in [5, 5.41) is 0. The molecule has 0 spiro atoms. The lowest BCUT2D eigenvalue weighted by Gasteiger charge is -2.04. The molecular weight excluding hydrogens is 267 g/mol. The van der Waals surface area contributed by atoms with Crippen molar-refractivity contribution in [2.45, 2.75) is 31.0 Å². The van der Waals surface area contributed by atoms with Crippen LogP contribution in [0.3, 0.4) is 0 Å². The summed E-state index contributed by atoms with van der Waals surface area (Å²) in [5.74, 6) is -0.749. The van der Waals surface area contributed by atoms with Gasteiger partial charge in [0.2, 0.25) is 0 Å². The Balaban J connectivity index is 3.49. The Kier molecular flexibility index (Phi) is 9.96. The van der Waals surface area contributed by atoms with Crippen molar-refractivity contribution in [1.82, 2.24) is 0 Å². The van der Waals surface area contributed by atoms with E-state index in [0.29, 0.717) is 6.42 Å². The highest BCUT2D eigenvalue weighted by Gasteiger charge is 2.08. The van der Waals surface area contributed by atoms with Gasteiger partial charge in [0.1, 0.15) is 18.1 Å². The maximum atomic E-state index is 11.1. The molecule has 0 rings (SSSR count). The van der Waals surface area contributed by atoms with Gasteiger partial charge < -0.3 is 9.47 Å². The predicted octanol–water partition coefficient (Wildman–Crippen LogP) is 2.62. The Hall–Kier alpha value is -0.740. The summed E-state index contributed by atoms with van der Waals surface area (Å²) in [5.41, 5.74) is 0. The van der Waals surface area contributed by atoms with Gasteiger partial charge in [-0.3, -0.25) is 9.59 Å². The van der Waals surface area contributed by atoms with Crippen LogP contribution < -0.4 is 0 Å². The van der Waals surface area contributed by atoms with Crippen LogP contribution in [-0.4, -0.2) is 30.0 Å². The number of carbonyl (C=O) groups excluding carboxylic acids is 2. The maximum absolute atomic E-state index is 11.1. The van der Waals surface area contributed by atoms with Crippen LogP contribution in [0.2, 0.25) is 0 Å². The van der Waals surface area contributed by atoms with Crippen LogP contribution in [-0.2, 0) is 19.1 Å². The normalized spacial score (nSPS) is 10.8. The van der Waals surface area contributed by atoms with E-state index in [0.717, 1.165) is 0 Å². The van der Waals surface area contributed by atoms with Crippen molar-refractivity contribution in [3.05, 3.63) is 12.2 Å². The highest BCUT2D eigenvalue weighted by Crippen LogP contribution is 2.04. The van der Waals surface area contributed by atoms with Gasteiger partial charge in [-0.2, -0.15) is 0 Å². The number of alkyl halides is 2. The molecule has 6 heteroatoms. The maximum Gasteiger partial charge on any atom is 0.306 e. The average molecular weight is 283 g/mol. The number of hydrogen-bond donors (Lipinski definition) is 0. The summed E-state index contributed by atoms with van der Waals surface area (Å²) in [4.78, 5) is 21.5. The van der Waals surface area contributed by atoms with Gasteiger partial charge >= 0.3 is 11.9 Å². The number of carbonyl (C=O) groups is 2. The topological polar surface area (TPSA) is 52.6 Å². The van der Waals surface area contributed by atoms with E-state index in [2.05, 4.69) is 0 Å². The zero-order valence-corrected chi connectivity index (χ0v) is 11.2. The van der Waals surface area contributed by atoms with E-state index in [9.17, 15) is 9.59 Å². The molecule has 0 bridgehead atoms. The first kappa shape index (κ1) is 16.3. The highest BCUT2D eigenvalue weighted by atomic mass is 35.5. The van der Waals surface area contributed by atoms with Gasteiger partial charge in [-0.1, -0.05) is 12.2 Å². The monoisotopic (exact) mass is 282 g/mol. The van der Waals surface area contributed by atoms with Crippen molar-refractivity contribution >= 4 is 35.1 Å². The third kappa shape index (κ3) is 11.5. The summed E-state index contributed by atoms with van der Waals surface area (Å²) in [6.45, 7) is 2.07. The lowest BCUT2D eigenvalue weighted by molar-refractivity contribution is -0.144. The predicted molar refractivity (Wildman–Crippen MR) is 66.1 cm³/mol. The van der Waals surface area contributed by atoms with Crippen LogP contribution in [0.15, 0.2) is 12.2 Å². The Bertz CT molecular complexity index is 264. The average Bonchev–Trinajstić information content (AvgIpc) is 2.27. The quantitative estimate of drug-likeness (QED) is 0.390. The molecule has 0 aromatic heterocycles. The summed E-state index contributed by atoms with van der Waals surface area (Å²) in [6, 6.07) is 0. The van der Waals surface area contributed by atoms with Gasteiger partial charge in [-0.15, -0.1) is 23.2 Å². The molecule has 0 aliphatic carbocycles. The molecule has 4 nitrogen and oxygen atoms in total. The van der Waals surface area contributed by atoms with Crippen molar-refractivity contribution in [2.24, 2.45) is 0 Å². The molecule has 0 amide bonds. The highest BCUT2D eigenvalue weighted by molar-refractivity contribution is 6.44.